The lowest BCUT2D eigenvalue weighted by atomic mass is 9.84. The van der Waals surface area contributed by atoms with Gasteiger partial charge in [-0.3, -0.25) is 9.69 Å². The molecule has 1 aliphatic carbocycles. The van der Waals surface area contributed by atoms with E-state index in [4.69, 9.17) is 0 Å². The van der Waals surface area contributed by atoms with Crippen LogP contribution in [0.2, 0.25) is 0 Å². The molecule has 3 heteroatoms. The summed E-state index contributed by atoms with van der Waals surface area (Å²) in [6.07, 6.45) is 1.15. The van der Waals surface area contributed by atoms with Crippen molar-refractivity contribution in [3.05, 3.63) is 53.6 Å². The number of benzene rings is 2. The third-order valence-corrected chi connectivity index (χ3v) is 5.93. The third kappa shape index (κ3) is 2.66. The molecular weight excluding hydrogens is 320 g/mol. The van der Waals surface area contributed by atoms with Crippen LogP contribution >= 0.6 is 0 Å². The van der Waals surface area contributed by atoms with Crippen molar-refractivity contribution in [2.24, 2.45) is 0 Å². The predicted molar refractivity (Wildman–Crippen MR) is 109 cm³/mol. The Bertz CT molecular complexity index is 896. The van der Waals surface area contributed by atoms with Crippen LogP contribution in [0, 0.1) is 0 Å². The van der Waals surface area contributed by atoms with Crippen molar-refractivity contribution in [3.63, 3.8) is 0 Å². The van der Waals surface area contributed by atoms with Gasteiger partial charge in [0, 0.05) is 49.4 Å². The summed E-state index contributed by atoms with van der Waals surface area (Å²) in [5.74, 6) is 0.249. The first kappa shape index (κ1) is 17.3. The van der Waals surface area contributed by atoms with Crippen molar-refractivity contribution >= 4 is 22.2 Å². The highest BCUT2D eigenvalue weighted by molar-refractivity contribution is 6.21. The molecule has 0 atom stereocenters. The van der Waals surface area contributed by atoms with E-state index in [1.54, 1.807) is 0 Å². The van der Waals surface area contributed by atoms with E-state index in [0.717, 1.165) is 44.7 Å². The molecule has 0 saturated carbocycles. The van der Waals surface area contributed by atoms with Crippen molar-refractivity contribution in [2.45, 2.75) is 32.6 Å². The molecular formula is C23H28N2O. The maximum absolute atomic E-state index is 12.9. The summed E-state index contributed by atoms with van der Waals surface area (Å²) >= 11 is 0. The molecule has 0 bridgehead atoms. The molecule has 1 heterocycles. The lowest BCUT2D eigenvalue weighted by molar-refractivity contribution is 0.0920. The van der Waals surface area contributed by atoms with Gasteiger partial charge in [-0.2, -0.15) is 0 Å². The number of rotatable bonds is 3. The zero-order valence-electron chi connectivity index (χ0n) is 16.1. The molecule has 1 saturated heterocycles. The number of carbonyl (C=O) groups is 1. The molecule has 1 aliphatic heterocycles. The van der Waals surface area contributed by atoms with Gasteiger partial charge < -0.3 is 4.90 Å². The first-order chi connectivity index (χ1) is 12.4. The van der Waals surface area contributed by atoms with Crippen LogP contribution in [-0.2, 0) is 5.41 Å². The molecule has 2 aromatic rings. The van der Waals surface area contributed by atoms with Crippen molar-refractivity contribution in [1.82, 2.24) is 4.90 Å². The van der Waals surface area contributed by atoms with Crippen LogP contribution in [0.15, 0.2) is 42.5 Å². The van der Waals surface area contributed by atoms with Gasteiger partial charge in [-0.05, 0) is 44.2 Å². The SMILES string of the molecule is C=C(C)CN1CCCN(c2ccc3c4c(cccc24)C(=O)C3(C)C)CC1. The second kappa shape index (κ2) is 6.24. The summed E-state index contributed by atoms with van der Waals surface area (Å²) < 4.78 is 0. The van der Waals surface area contributed by atoms with Crippen LogP contribution < -0.4 is 4.90 Å². The highest BCUT2D eigenvalue weighted by Gasteiger charge is 2.40. The molecule has 0 N–H and O–H groups in total. The van der Waals surface area contributed by atoms with Gasteiger partial charge in [0.05, 0.1) is 5.41 Å². The maximum atomic E-state index is 12.9. The van der Waals surface area contributed by atoms with Crippen LogP contribution in [0.4, 0.5) is 5.69 Å². The minimum atomic E-state index is -0.419. The van der Waals surface area contributed by atoms with E-state index < -0.39 is 5.41 Å². The average molecular weight is 348 g/mol. The minimum Gasteiger partial charge on any atom is -0.370 e. The quantitative estimate of drug-likeness (QED) is 0.768. The molecule has 3 nitrogen and oxygen atoms in total. The number of ketones is 1. The van der Waals surface area contributed by atoms with Gasteiger partial charge in [0.2, 0.25) is 0 Å². The molecule has 26 heavy (non-hydrogen) atoms. The lowest BCUT2D eigenvalue weighted by Gasteiger charge is -2.26. The molecule has 0 radical (unpaired) electrons. The summed E-state index contributed by atoms with van der Waals surface area (Å²) in [6.45, 7) is 15.5. The predicted octanol–water partition coefficient (Wildman–Crippen LogP) is 4.40. The summed E-state index contributed by atoms with van der Waals surface area (Å²) in [5, 5.41) is 2.40. The Labute approximate surface area is 156 Å². The van der Waals surface area contributed by atoms with Gasteiger partial charge in [-0.15, -0.1) is 0 Å². The number of anilines is 1. The fraction of sp³-hybridized carbons (Fsp3) is 0.435. The largest absolute Gasteiger partial charge is 0.370 e. The molecule has 0 spiro atoms. The van der Waals surface area contributed by atoms with Gasteiger partial charge in [-0.25, -0.2) is 0 Å². The van der Waals surface area contributed by atoms with Crippen molar-refractivity contribution < 1.29 is 4.79 Å². The van der Waals surface area contributed by atoms with Crippen LogP contribution in [-0.4, -0.2) is 43.4 Å². The lowest BCUT2D eigenvalue weighted by Crippen LogP contribution is -2.31. The fourth-order valence-electron chi connectivity index (χ4n) is 4.59. The Hall–Kier alpha value is -2.13. The number of carbonyl (C=O) groups excluding carboxylic acids is 1. The Kier molecular flexibility index (Phi) is 4.15. The van der Waals surface area contributed by atoms with Crippen molar-refractivity contribution in [3.8, 4) is 0 Å². The Morgan fingerprint density at radius 1 is 1.12 bits per heavy atom. The van der Waals surface area contributed by atoms with E-state index in [2.05, 4.69) is 41.5 Å². The zero-order chi connectivity index (χ0) is 18.5. The normalized spacial score (nSPS) is 19.8. The van der Waals surface area contributed by atoms with E-state index in [0.29, 0.717) is 0 Å². The van der Waals surface area contributed by atoms with Crippen LogP contribution in [0.25, 0.3) is 10.8 Å². The highest BCUT2D eigenvalue weighted by Crippen LogP contribution is 2.45. The fourth-order valence-corrected chi connectivity index (χ4v) is 4.59. The molecule has 2 aromatic carbocycles. The Morgan fingerprint density at radius 3 is 2.69 bits per heavy atom. The smallest absolute Gasteiger partial charge is 0.173 e. The van der Waals surface area contributed by atoms with E-state index >= 15 is 0 Å². The van der Waals surface area contributed by atoms with Gasteiger partial charge in [0.25, 0.3) is 0 Å². The molecule has 2 aliphatic rings. The van der Waals surface area contributed by atoms with E-state index in [9.17, 15) is 4.79 Å². The number of hydrogen-bond acceptors (Lipinski definition) is 3. The highest BCUT2D eigenvalue weighted by atomic mass is 16.1. The molecule has 4 rings (SSSR count). The molecule has 0 aromatic heterocycles. The first-order valence-electron chi connectivity index (χ1n) is 9.62. The standard InChI is InChI=1S/C23H28N2O/c1-16(2)15-24-11-6-12-25(14-13-24)20-10-9-19-21-17(20)7-5-8-18(21)22(26)23(19,3)4/h5,7-10H,1,6,11-15H2,2-4H3. The van der Waals surface area contributed by atoms with Gasteiger partial charge in [-0.1, -0.05) is 36.4 Å². The van der Waals surface area contributed by atoms with Crippen LogP contribution in [0.1, 0.15) is 43.1 Å². The van der Waals surface area contributed by atoms with E-state index in [1.165, 1.54) is 27.6 Å². The number of hydrogen-bond donors (Lipinski definition) is 0. The second-order valence-corrected chi connectivity index (χ2v) is 8.39. The third-order valence-electron chi connectivity index (χ3n) is 5.93. The van der Waals surface area contributed by atoms with E-state index in [1.807, 2.05) is 26.0 Å². The Balaban J connectivity index is 1.72. The number of Topliss-reactive ketones (excluding diaryl/α,β-unsaturated/α-hetero) is 1. The summed E-state index contributed by atoms with van der Waals surface area (Å²) in [7, 11) is 0. The second-order valence-electron chi connectivity index (χ2n) is 8.39. The Morgan fingerprint density at radius 2 is 1.92 bits per heavy atom. The van der Waals surface area contributed by atoms with Crippen molar-refractivity contribution in [2.75, 3.05) is 37.6 Å². The molecule has 0 amide bonds. The topological polar surface area (TPSA) is 23.6 Å². The first-order valence-corrected chi connectivity index (χ1v) is 9.62. The summed E-state index contributed by atoms with van der Waals surface area (Å²) in [4.78, 5) is 17.9. The van der Waals surface area contributed by atoms with Crippen LogP contribution in [0.5, 0.6) is 0 Å². The molecule has 136 valence electrons. The van der Waals surface area contributed by atoms with Gasteiger partial charge >= 0.3 is 0 Å². The monoisotopic (exact) mass is 348 g/mol. The summed E-state index contributed by atoms with van der Waals surface area (Å²) in [5.41, 5.74) is 4.15. The zero-order valence-corrected chi connectivity index (χ0v) is 16.1. The molecule has 1 fully saturated rings. The van der Waals surface area contributed by atoms with Gasteiger partial charge in [0.1, 0.15) is 0 Å². The van der Waals surface area contributed by atoms with E-state index in [-0.39, 0.29) is 5.78 Å². The average Bonchev–Trinajstić information content (AvgIpc) is 2.75. The molecule has 0 unspecified atom stereocenters. The maximum Gasteiger partial charge on any atom is 0.173 e. The summed E-state index contributed by atoms with van der Waals surface area (Å²) in [6, 6.07) is 10.6. The van der Waals surface area contributed by atoms with Gasteiger partial charge in [0.15, 0.2) is 5.78 Å². The minimum absolute atomic E-state index is 0.249. The van der Waals surface area contributed by atoms with Crippen LogP contribution in [0.3, 0.4) is 0 Å². The number of nitrogens with zero attached hydrogens (tertiary/aromatic N) is 2. The van der Waals surface area contributed by atoms with Crippen molar-refractivity contribution in [1.29, 1.82) is 0 Å².